The molecule has 0 unspecified atom stereocenters. The fraction of sp³-hybridized carbons (Fsp3) is 0.333. The molecule has 1 radical (unpaired) electrons. The van der Waals surface area contributed by atoms with E-state index in [1.54, 1.807) is 6.20 Å². The number of rotatable bonds is 3. The summed E-state index contributed by atoms with van der Waals surface area (Å²) in [4.78, 5) is 16.9. The van der Waals surface area contributed by atoms with Crippen LogP contribution >= 0.6 is 11.8 Å². The highest BCUT2D eigenvalue weighted by Crippen LogP contribution is 2.10. The van der Waals surface area contributed by atoms with Gasteiger partial charge in [-0.1, -0.05) is 11.8 Å². The number of hydrogen-bond acceptors (Lipinski definition) is 3. The lowest BCUT2D eigenvalue weighted by Crippen LogP contribution is -2.18. The number of carbonyl (C=O) groups is 1. The van der Waals surface area contributed by atoms with Gasteiger partial charge in [0.05, 0.1) is 11.6 Å². The Balaban J connectivity index is 2.29. The van der Waals surface area contributed by atoms with E-state index in [1.165, 1.54) is 11.8 Å². The van der Waals surface area contributed by atoms with Crippen molar-refractivity contribution in [1.82, 2.24) is 15.3 Å². The van der Waals surface area contributed by atoms with Crippen LogP contribution in [0.15, 0.2) is 11.4 Å². The average molecular weight is 186 g/mol. The first-order valence-electron chi connectivity index (χ1n) is 3.28. The number of carbonyl (C=O) groups excluding carboxylic acids is 1. The molecule has 1 aromatic heterocycles. The van der Waals surface area contributed by atoms with Crippen LogP contribution in [0.2, 0.25) is 0 Å². The Morgan fingerprint density at radius 1 is 1.83 bits per heavy atom. The first-order valence-corrected chi connectivity index (χ1v) is 4.26. The fourth-order valence-corrected chi connectivity index (χ4v) is 1.31. The van der Waals surface area contributed by atoms with Gasteiger partial charge in [-0.3, -0.25) is 0 Å². The highest BCUT2D eigenvalue weighted by Gasteiger charge is 2.00. The van der Waals surface area contributed by atoms with Crippen LogP contribution in [0.1, 0.15) is 5.69 Å². The molecule has 0 aliphatic carbocycles. The highest BCUT2D eigenvalue weighted by molar-refractivity contribution is 7.99. The standard InChI is InChI=1S/C6H8N3O2S/c1-4-2-7-5(9-4)12-3-8-6(10)11/h2,8H,3H2,1H3,(H,7,9). The first-order chi connectivity index (χ1) is 5.68. The zero-order valence-corrected chi connectivity index (χ0v) is 7.27. The largest absolute Gasteiger partial charge is 0.451 e. The molecule has 1 heterocycles. The van der Waals surface area contributed by atoms with Gasteiger partial charge in [-0.25, -0.2) is 14.9 Å². The number of thioether (sulfide) groups is 1. The average Bonchev–Trinajstić information content (AvgIpc) is 2.35. The number of aromatic nitrogens is 2. The monoisotopic (exact) mass is 186 g/mol. The Bertz CT molecular complexity index is 274. The van der Waals surface area contributed by atoms with Crippen molar-refractivity contribution >= 4 is 17.9 Å². The number of nitrogens with one attached hydrogen (secondary N) is 2. The molecule has 0 aromatic carbocycles. The minimum Gasteiger partial charge on any atom is -0.339 e. The van der Waals surface area contributed by atoms with Crippen LogP contribution in [0.3, 0.4) is 0 Å². The van der Waals surface area contributed by atoms with Crippen LogP contribution in [0.25, 0.3) is 0 Å². The molecule has 5 nitrogen and oxygen atoms in total. The van der Waals surface area contributed by atoms with E-state index in [4.69, 9.17) is 0 Å². The van der Waals surface area contributed by atoms with E-state index in [-0.39, 0.29) is 5.88 Å². The maximum Gasteiger partial charge on any atom is 0.451 e. The molecule has 1 aromatic rings. The summed E-state index contributed by atoms with van der Waals surface area (Å²) in [5.41, 5.74) is 0.881. The lowest BCUT2D eigenvalue weighted by Gasteiger charge is -1.94. The van der Waals surface area contributed by atoms with Crippen molar-refractivity contribution in [3.63, 3.8) is 0 Å². The van der Waals surface area contributed by atoms with Crippen molar-refractivity contribution in [3.05, 3.63) is 11.9 Å². The normalized spacial score (nSPS) is 9.75. The van der Waals surface area contributed by atoms with Crippen molar-refractivity contribution in [2.45, 2.75) is 12.1 Å². The second kappa shape index (κ2) is 4.01. The summed E-state index contributed by atoms with van der Waals surface area (Å²) in [7, 11) is 0. The molecule has 0 spiro atoms. The molecular weight excluding hydrogens is 178 g/mol. The Hall–Kier alpha value is -1.17. The van der Waals surface area contributed by atoms with Crippen LogP contribution in [0, 0.1) is 6.92 Å². The maximum atomic E-state index is 9.93. The summed E-state index contributed by atoms with van der Waals surface area (Å²) in [6.07, 6.45) is 0.479. The molecule has 0 aliphatic rings. The molecule has 2 N–H and O–H groups in total. The number of aromatic amines is 1. The highest BCUT2D eigenvalue weighted by atomic mass is 32.2. The number of H-pyrrole nitrogens is 1. The lowest BCUT2D eigenvalue weighted by atomic mass is 10.6. The zero-order valence-electron chi connectivity index (χ0n) is 6.46. The summed E-state index contributed by atoms with van der Waals surface area (Å²) in [5.74, 6) is 0.245. The van der Waals surface area contributed by atoms with Crippen molar-refractivity contribution in [3.8, 4) is 0 Å². The second-order valence-corrected chi connectivity index (χ2v) is 3.06. The van der Waals surface area contributed by atoms with Gasteiger partial charge < -0.3 is 10.3 Å². The number of nitrogens with zero attached hydrogens (tertiary/aromatic N) is 1. The summed E-state index contributed by atoms with van der Waals surface area (Å²) >= 11 is 1.27. The van der Waals surface area contributed by atoms with E-state index >= 15 is 0 Å². The summed E-state index contributed by atoms with van der Waals surface area (Å²) in [5, 5.41) is 12.7. The van der Waals surface area contributed by atoms with Crippen LogP contribution in [-0.4, -0.2) is 21.9 Å². The number of imidazole rings is 1. The lowest BCUT2D eigenvalue weighted by molar-refractivity contribution is 0.170. The molecule has 0 atom stereocenters. The number of amides is 1. The van der Waals surface area contributed by atoms with Gasteiger partial charge >= 0.3 is 6.09 Å². The van der Waals surface area contributed by atoms with Gasteiger partial charge in [-0.05, 0) is 6.92 Å². The molecule has 1 rings (SSSR count). The molecule has 0 bridgehead atoms. The van der Waals surface area contributed by atoms with Crippen molar-refractivity contribution in [2.75, 3.05) is 5.88 Å². The molecule has 1 amide bonds. The summed E-state index contributed by atoms with van der Waals surface area (Å²) in [6.45, 7) is 1.85. The SMILES string of the molecule is Cc1c[nH]c(SCNC([O])=O)n1. The molecule has 0 saturated carbocycles. The van der Waals surface area contributed by atoms with Gasteiger partial charge in [0.15, 0.2) is 5.16 Å². The second-order valence-electron chi connectivity index (χ2n) is 2.10. The van der Waals surface area contributed by atoms with Crippen molar-refractivity contribution < 1.29 is 9.90 Å². The predicted molar refractivity (Wildman–Crippen MR) is 43.3 cm³/mol. The van der Waals surface area contributed by atoms with Gasteiger partial charge in [-0.15, -0.1) is 0 Å². The third-order valence-corrected chi connectivity index (χ3v) is 1.88. The minimum atomic E-state index is -1.27. The predicted octanol–water partition coefficient (Wildman–Crippen LogP) is 0.908. The van der Waals surface area contributed by atoms with Crippen LogP contribution in [-0.2, 0) is 5.11 Å². The van der Waals surface area contributed by atoms with Crippen LogP contribution in [0.4, 0.5) is 4.79 Å². The first kappa shape index (κ1) is 8.92. The number of aryl methyl sites for hydroxylation is 1. The third-order valence-electron chi connectivity index (χ3n) is 1.11. The third kappa shape index (κ3) is 2.83. The fourth-order valence-electron chi connectivity index (χ4n) is 0.628. The maximum absolute atomic E-state index is 9.93. The molecule has 12 heavy (non-hydrogen) atoms. The van der Waals surface area contributed by atoms with Gasteiger partial charge in [0.2, 0.25) is 0 Å². The summed E-state index contributed by atoms with van der Waals surface area (Å²) in [6, 6.07) is 0. The van der Waals surface area contributed by atoms with E-state index in [0.717, 1.165) is 5.69 Å². The van der Waals surface area contributed by atoms with E-state index in [2.05, 4.69) is 15.3 Å². The Morgan fingerprint density at radius 3 is 3.08 bits per heavy atom. The smallest absolute Gasteiger partial charge is 0.339 e. The molecular formula is C6H8N3O2S. The van der Waals surface area contributed by atoms with E-state index in [9.17, 15) is 9.90 Å². The van der Waals surface area contributed by atoms with Gasteiger partial charge in [0, 0.05) is 6.20 Å². The minimum absolute atomic E-state index is 0.245. The van der Waals surface area contributed by atoms with Crippen molar-refractivity contribution in [2.24, 2.45) is 0 Å². The molecule has 0 fully saturated rings. The quantitative estimate of drug-likeness (QED) is 0.544. The Labute approximate surface area is 73.6 Å². The van der Waals surface area contributed by atoms with Gasteiger partial charge in [0.1, 0.15) is 0 Å². The van der Waals surface area contributed by atoms with Crippen molar-refractivity contribution in [1.29, 1.82) is 0 Å². The topological polar surface area (TPSA) is 77.7 Å². The van der Waals surface area contributed by atoms with E-state index in [0.29, 0.717) is 5.16 Å². The molecule has 0 aliphatic heterocycles. The Morgan fingerprint density at radius 2 is 2.58 bits per heavy atom. The summed E-state index contributed by atoms with van der Waals surface area (Å²) < 4.78 is 0. The van der Waals surface area contributed by atoms with Crippen LogP contribution < -0.4 is 5.32 Å². The van der Waals surface area contributed by atoms with Crippen LogP contribution in [0.5, 0.6) is 0 Å². The van der Waals surface area contributed by atoms with Gasteiger partial charge in [-0.2, -0.15) is 0 Å². The Kier molecular flexibility index (Phi) is 2.98. The molecule has 0 saturated heterocycles. The number of hydrogen-bond donors (Lipinski definition) is 2. The van der Waals surface area contributed by atoms with Gasteiger partial charge in [0.25, 0.3) is 0 Å². The molecule has 65 valence electrons. The molecule has 6 heteroatoms. The zero-order chi connectivity index (χ0) is 8.97. The van der Waals surface area contributed by atoms with E-state index < -0.39 is 6.09 Å². The van der Waals surface area contributed by atoms with E-state index in [1.807, 2.05) is 6.92 Å².